The molecule has 0 unspecified atom stereocenters. The Morgan fingerprint density at radius 2 is 2.00 bits per heavy atom. The summed E-state index contributed by atoms with van der Waals surface area (Å²) >= 11 is 1.69. The van der Waals surface area contributed by atoms with Crippen molar-refractivity contribution in [1.29, 1.82) is 0 Å². The molecule has 0 N–H and O–H groups in total. The number of amides is 2. The Bertz CT molecular complexity index is 563. The van der Waals surface area contributed by atoms with Gasteiger partial charge in [-0.05, 0) is 24.7 Å². The largest absolute Gasteiger partial charge is 0.340 e. The molecule has 0 aliphatic carbocycles. The lowest BCUT2D eigenvalue weighted by Gasteiger charge is -2.36. The van der Waals surface area contributed by atoms with E-state index in [1.165, 1.54) is 0 Å². The lowest BCUT2D eigenvalue weighted by molar-refractivity contribution is -0.140. The summed E-state index contributed by atoms with van der Waals surface area (Å²) in [6, 6.07) is 10.3. The molecule has 3 aliphatic heterocycles. The van der Waals surface area contributed by atoms with Crippen molar-refractivity contribution in [3.63, 3.8) is 0 Å². The standard InChI is InChI=1S/C18H24N2O2S/c1-23-10-9-17(21)19-12-15-7-8-16(13-19)20(18(15)22)11-14-5-3-2-4-6-14/h2-6,15-16H,7-13H2,1H3/t15-,16+/m0/s1. The Morgan fingerprint density at radius 3 is 2.74 bits per heavy atom. The molecule has 23 heavy (non-hydrogen) atoms. The summed E-state index contributed by atoms with van der Waals surface area (Å²) in [5, 5.41) is 0. The minimum Gasteiger partial charge on any atom is -0.340 e. The van der Waals surface area contributed by atoms with Gasteiger partial charge in [0.25, 0.3) is 0 Å². The van der Waals surface area contributed by atoms with E-state index in [1.807, 2.05) is 34.3 Å². The number of fused-ring (bicyclic) bond motifs is 4. The maximum atomic E-state index is 12.8. The van der Waals surface area contributed by atoms with Gasteiger partial charge in [0.15, 0.2) is 0 Å². The van der Waals surface area contributed by atoms with E-state index in [1.54, 1.807) is 11.8 Å². The zero-order chi connectivity index (χ0) is 16.2. The Balaban J connectivity index is 1.72. The van der Waals surface area contributed by atoms with Gasteiger partial charge in [0.2, 0.25) is 11.8 Å². The van der Waals surface area contributed by atoms with Crippen LogP contribution in [-0.4, -0.2) is 52.8 Å². The van der Waals surface area contributed by atoms with E-state index in [4.69, 9.17) is 0 Å². The van der Waals surface area contributed by atoms with Gasteiger partial charge in [-0.2, -0.15) is 11.8 Å². The average molecular weight is 332 g/mol. The minimum atomic E-state index is -0.0179. The maximum absolute atomic E-state index is 12.8. The van der Waals surface area contributed by atoms with Crippen LogP contribution in [-0.2, 0) is 16.1 Å². The zero-order valence-corrected chi connectivity index (χ0v) is 14.4. The van der Waals surface area contributed by atoms with Crippen LogP contribution in [0.25, 0.3) is 0 Å². The number of rotatable bonds is 5. The quantitative estimate of drug-likeness (QED) is 0.831. The molecule has 3 aliphatic rings. The Labute approximate surface area is 142 Å². The molecule has 0 aromatic heterocycles. The molecule has 2 atom stereocenters. The lowest BCUT2D eigenvalue weighted by atomic mass is 9.93. The highest BCUT2D eigenvalue weighted by atomic mass is 32.2. The van der Waals surface area contributed by atoms with E-state index in [9.17, 15) is 9.59 Å². The van der Waals surface area contributed by atoms with Gasteiger partial charge in [-0.3, -0.25) is 9.59 Å². The first-order valence-corrected chi connectivity index (χ1v) is 9.69. The van der Waals surface area contributed by atoms with Gasteiger partial charge in [-0.25, -0.2) is 0 Å². The van der Waals surface area contributed by atoms with E-state index in [-0.39, 0.29) is 23.8 Å². The Hall–Kier alpha value is -1.49. The predicted molar refractivity (Wildman–Crippen MR) is 93.1 cm³/mol. The van der Waals surface area contributed by atoms with E-state index < -0.39 is 0 Å². The van der Waals surface area contributed by atoms with Crippen molar-refractivity contribution in [3.05, 3.63) is 35.9 Å². The fraction of sp³-hybridized carbons (Fsp3) is 0.556. The number of carbonyl (C=O) groups is 2. The topological polar surface area (TPSA) is 40.6 Å². The molecular formula is C18H24N2O2S. The van der Waals surface area contributed by atoms with Crippen LogP contribution in [0.1, 0.15) is 24.8 Å². The van der Waals surface area contributed by atoms with Crippen molar-refractivity contribution < 1.29 is 9.59 Å². The number of nitrogens with zero attached hydrogens (tertiary/aromatic N) is 2. The molecular weight excluding hydrogens is 308 g/mol. The molecule has 4 nitrogen and oxygen atoms in total. The van der Waals surface area contributed by atoms with E-state index in [0.29, 0.717) is 26.1 Å². The second-order valence-electron chi connectivity index (χ2n) is 6.42. The summed E-state index contributed by atoms with van der Waals surface area (Å²) in [5.41, 5.74) is 1.16. The lowest BCUT2D eigenvalue weighted by Crippen LogP contribution is -2.47. The van der Waals surface area contributed by atoms with Gasteiger partial charge < -0.3 is 9.80 Å². The Kier molecular flexibility index (Phi) is 5.26. The van der Waals surface area contributed by atoms with Crippen molar-refractivity contribution in [2.75, 3.05) is 25.1 Å². The predicted octanol–water partition coefficient (Wildman–Crippen LogP) is 2.39. The van der Waals surface area contributed by atoms with Crippen LogP contribution in [0.2, 0.25) is 0 Å². The summed E-state index contributed by atoms with van der Waals surface area (Å²) in [6.07, 6.45) is 4.52. The van der Waals surface area contributed by atoms with Crippen LogP contribution in [0.3, 0.4) is 0 Å². The van der Waals surface area contributed by atoms with E-state index >= 15 is 0 Å². The van der Waals surface area contributed by atoms with Crippen LogP contribution in [0, 0.1) is 5.92 Å². The first-order chi connectivity index (χ1) is 11.2. The molecule has 3 saturated heterocycles. The molecule has 0 radical (unpaired) electrons. The molecule has 3 heterocycles. The monoisotopic (exact) mass is 332 g/mol. The molecule has 0 saturated carbocycles. The van der Waals surface area contributed by atoms with Crippen LogP contribution >= 0.6 is 11.8 Å². The highest BCUT2D eigenvalue weighted by Gasteiger charge is 2.41. The summed E-state index contributed by atoms with van der Waals surface area (Å²) in [4.78, 5) is 29.1. The second-order valence-corrected chi connectivity index (χ2v) is 7.41. The van der Waals surface area contributed by atoms with Gasteiger partial charge in [0.1, 0.15) is 0 Å². The maximum Gasteiger partial charge on any atom is 0.228 e. The number of carbonyl (C=O) groups excluding carboxylic acids is 2. The van der Waals surface area contributed by atoms with Gasteiger partial charge in [-0.1, -0.05) is 30.3 Å². The second kappa shape index (κ2) is 7.39. The van der Waals surface area contributed by atoms with Crippen LogP contribution in [0.15, 0.2) is 30.3 Å². The van der Waals surface area contributed by atoms with Crippen LogP contribution < -0.4 is 0 Å². The molecule has 1 aromatic carbocycles. The first-order valence-electron chi connectivity index (χ1n) is 8.30. The molecule has 0 spiro atoms. The van der Waals surface area contributed by atoms with Crippen molar-refractivity contribution in [2.24, 2.45) is 5.92 Å². The van der Waals surface area contributed by atoms with E-state index in [2.05, 4.69) is 12.1 Å². The molecule has 4 rings (SSSR count). The van der Waals surface area contributed by atoms with Crippen molar-refractivity contribution >= 4 is 23.6 Å². The SMILES string of the molecule is CSCCC(=O)N1C[C@@H]2CC[C@H](C1)N(Cc1ccccc1)C2=O. The number of benzene rings is 1. The smallest absolute Gasteiger partial charge is 0.228 e. The highest BCUT2D eigenvalue weighted by Crippen LogP contribution is 2.30. The van der Waals surface area contributed by atoms with Gasteiger partial charge >= 0.3 is 0 Å². The third-order valence-electron chi connectivity index (χ3n) is 4.86. The molecule has 2 bridgehead atoms. The van der Waals surface area contributed by atoms with Crippen molar-refractivity contribution in [2.45, 2.75) is 31.8 Å². The fourth-order valence-corrected chi connectivity index (χ4v) is 3.96. The third kappa shape index (κ3) is 3.71. The van der Waals surface area contributed by atoms with Gasteiger partial charge in [0, 0.05) is 37.8 Å². The minimum absolute atomic E-state index is 0.0179. The molecule has 1 aromatic rings. The van der Waals surface area contributed by atoms with E-state index in [0.717, 1.165) is 24.2 Å². The normalized spacial score (nSPS) is 24.0. The average Bonchev–Trinajstić information content (AvgIpc) is 2.86. The highest BCUT2D eigenvalue weighted by molar-refractivity contribution is 7.98. The number of hydrogen-bond acceptors (Lipinski definition) is 3. The summed E-state index contributed by atoms with van der Waals surface area (Å²) in [7, 11) is 0. The zero-order valence-electron chi connectivity index (χ0n) is 13.6. The Morgan fingerprint density at radius 1 is 1.22 bits per heavy atom. The van der Waals surface area contributed by atoms with Gasteiger partial charge in [-0.15, -0.1) is 0 Å². The number of hydrogen-bond donors (Lipinski definition) is 0. The first kappa shape index (κ1) is 16.4. The number of piperidine rings is 1. The molecule has 2 amide bonds. The summed E-state index contributed by atoms with van der Waals surface area (Å²) in [5.74, 6) is 1.26. The van der Waals surface area contributed by atoms with Crippen molar-refractivity contribution in [1.82, 2.24) is 9.80 Å². The molecule has 3 fully saturated rings. The summed E-state index contributed by atoms with van der Waals surface area (Å²) in [6.45, 7) is 1.96. The summed E-state index contributed by atoms with van der Waals surface area (Å²) < 4.78 is 0. The van der Waals surface area contributed by atoms with Crippen molar-refractivity contribution in [3.8, 4) is 0 Å². The van der Waals surface area contributed by atoms with Crippen LogP contribution in [0.4, 0.5) is 0 Å². The van der Waals surface area contributed by atoms with Gasteiger partial charge in [0.05, 0.1) is 5.92 Å². The third-order valence-corrected chi connectivity index (χ3v) is 5.47. The molecule has 5 heteroatoms. The van der Waals surface area contributed by atoms with Crippen LogP contribution in [0.5, 0.6) is 0 Å². The molecule has 124 valence electrons. The number of thioether (sulfide) groups is 1. The fourth-order valence-electron chi connectivity index (χ4n) is 3.58.